The van der Waals surface area contributed by atoms with Crippen LogP contribution in [0.1, 0.15) is 22.3 Å². The van der Waals surface area contributed by atoms with Crippen molar-refractivity contribution in [3.05, 3.63) is 247 Å². The minimum Gasteiger partial charge on any atom is -0.456 e. The Bertz CT molecular complexity index is 3730. The van der Waals surface area contributed by atoms with Gasteiger partial charge in [0, 0.05) is 39.0 Å². The predicted molar refractivity (Wildman–Crippen MR) is 261 cm³/mol. The van der Waals surface area contributed by atoms with Gasteiger partial charge in [-0.3, -0.25) is 0 Å². The third-order valence-electron chi connectivity index (χ3n) is 13.9. The largest absolute Gasteiger partial charge is 0.456 e. The molecule has 2 heterocycles. The fourth-order valence-electron chi connectivity index (χ4n) is 11.4. The number of nitrogens with zero attached hydrogens (tertiary/aromatic N) is 1. The number of benzene rings is 10. The average molecular weight is 816 g/mol. The van der Waals surface area contributed by atoms with E-state index in [1.807, 2.05) is 12.1 Å². The Morgan fingerprint density at radius 3 is 1.59 bits per heavy atom. The van der Waals surface area contributed by atoms with E-state index in [0.29, 0.717) is 0 Å². The predicted octanol–water partition coefficient (Wildman–Crippen LogP) is 16.5. The van der Waals surface area contributed by atoms with E-state index >= 15 is 0 Å². The number of para-hydroxylation sites is 4. The minimum absolute atomic E-state index is 0.638. The second-order valence-corrected chi connectivity index (χ2v) is 17.1. The summed E-state index contributed by atoms with van der Waals surface area (Å²) in [7, 11) is 0. The number of rotatable bonds is 3. The van der Waals surface area contributed by atoms with Crippen LogP contribution in [0.15, 0.2) is 229 Å². The molecule has 0 saturated heterocycles. The topological polar surface area (TPSA) is 25.6 Å². The lowest BCUT2D eigenvalue weighted by Gasteiger charge is -2.36. The molecule has 3 aliphatic rings. The van der Waals surface area contributed by atoms with Crippen molar-refractivity contribution in [1.82, 2.24) is 0 Å². The van der Waals surface area contributed by atoms with E-state index in [1.54, 1.807) is 0 Å². The van der Waals surface area contributed by atoms with Crippen molar-refractivity contribution in [2.45, 2.75) is 5.41 Å². The molecule has 298 valence electrons. The van der Waals surface area contributed by atoms with E-state index in [-0.39, 0.29) is 0 Å². The van der Waals surface area contributed by atoms with Crippen LogP contribution in [0.25, 0.3) is 77.6 Å². The van der Waals surface area contributed by atoms with Gasteiger partial charge >= 0.3 is 0 Å². The molecule has 1 unspecified atom stereocenters. The summed E-state index contributed by atoms with van der Waals surface area (Å²) in [6.07, 6.45) is 0. The second-order valence-electron chi connectivity index (χ2n) is 17.1. The van der Waals surface area contributed by atoms with Crippen LogP contribution >= 0.6 is 0 Å². The van der Waals surface area contributed by atoms with Gasteiger partial charge in [-0.15, -0.1) is 0 Å². The molecule has 10 aromatic carbocycles. The molecule has 1 spiro atoms. The maximum absolute atomic E-state index is 6.61. The first-order valence-corrected chi connectivity index (χ1v) is 22.0. The van der Waals surface area contributed by atoms with Gasteiger partial charge in [-0.2, -0.15) is 0 Å². The number of ether oxygens (including phenoxy) is 1. The maximum Gasteiger partial charge on any atom is 0.136 e. The molecule has 3 heteroatoms. The number of anilines is 3. The highest BCUT2D eigenvalue weighted by Crippen LogP contribution is 2.63. The zero-order chi connectivity index (χ0) is 41.9. The lowest BCUT2D eigenvalue weighted by molar-refractivity contribution is 0.488. The maximum atomic E-state index is 6.61. The Balaban J connectivity index is 1.07. The van der Waals surface area contributed by atoms with Crippen LogP contribution in [0.3, 0.4) is 0 Å². The van der Waals surface area contributed by atoms with Crippen LogP contribution in [0.4, 0.5) is 17.1 Å². The Morgan fingerprint density at radius 2 is 0.828 bits per heavy atom. The molecular formula is C61H37NO2. The quantitative estimate of drug-likeness (QED) is 0.178. The van der Waals surface area contributed by atoms with Gasteiger partial charge in [-0.25, -0.2) is 0 Å². The van der Waals surface area contributed by atoms with Gasteiger partial charge in [-0.05, 0) is 127 Å². The normalized spacial score (nSPS) is 14.8. The van der Waals surface area contributed by atoms with Crippen LogP contribution in [0.5, 0.6) is 11.5 Å². The highest BCUT2D eigenvalue weighted by atomic mass is 16.5. The zero-order valence-corrected chi connectivity index (χ0v) is 34.6. The van der Waals surface area contributed by atoms with E-state index in [9.17, 15) is 0 Å². The first kappa shape index (κ1) is 35.2. The van der Waals surface area contributed by atoms with Crippen LogP contribution < -0.4 is 9.64 Å². The Labute approximate surface area is 370 Å². The van der Waals surface area contributed by atoms with Crippen LogP contribution in [0, 0.1) is 0 Å². The first-order valence-electron chi connectivity index (χ1n) is 22.0. The molecule has 14 rings (SSSR count). The second kappa shape index (κ2) is 13.3. The van der Waals surface area contributed by atoms with E-state index in [0.717, 1.165) is 67.4 Å². The summed E-state index contributed by atoms with van der Waals surface area (Å²) in [6.45, 7) is 0. The van der Waals surface area contributed by atoms with E-state index in [2.05, 4.69) is 217 Å². The molecule has 0 N–H and O–H groups in total. The fraction of sp³-hybridized carbons (Fsp3) is 0.0164. The number of fused-ring (bicyclic) bond motifs is 21. The van der Waals surface area contributed by atoms with Crippen molar-refractivity contribution in [1.29, 1.82) is 0 Å². The molecule has 0 radical (unpaired) electrons. The van der Waals surface area contributed by atoms with Gasteiger partial charge < -0.3 is 14.1 Å². The standard InChI is InChI=1S/C61H37NO2/c1-2-16-38(17-3-1)62(39-30-32-43-45-21-8-13-27-55(45)63-56-28-14-9-22-46(56)49(43)36-39)40-31-33-53-50(37-40)42-19-5-4-18-41(42)44-20-6-11-25-51(44)61(53)52-26-12-7-23-47(52)59-54(61)34-35-58-60(59)48-24-10-15-29-57(48)64-58/h1-37H. The highest BCUT2D eigenvalue weighted by Gasteiger charge is 2.50. The molecule has 0 amide bonds. The molecule has 2 aliphatic carbocycles. The van der Waals surface area contributed by atoms with Crippen molar-refractivity contribution in [2.24, 2.45) is 0 Å². The minimum atomic E-state index is -0.638. The summed E-state index contributed by atoms with van der Waals surface area (Å²) in [5.74, 6) is 1.71. The highest BCUT2D eigenvalue weighted by molar-refractivity contribution is 6.16. The van der Waals surface area contributed by atoms with Gasteiger partial charge in [0.25, 0.3) is 0 Å². The van der Waals surface area contributed by atoms with Crippen molar-refractivity contribution in [3.8, 4) is 67.1 Å². The van der Waals surface area contributed by atoms with Gasteiger partial charge in [0.05, 0.1) is 5.41 Å². The van der Waals surface area contributed by atoms with Crippen LogP contribution in [-0.4, -0.2) is 0 Å². The van der Waals surface area contributed by atoms with Crippen LogP contribution in [0.2, 0.25) is 0 Å². The van der Waals surface area contributed by atoms with E-state index in [1.165, 1.54) is 61.0 Å². The molecule has 1 atom stereocenters. The van der Waals surface area contributed by atoms with E-state index < -0.39 is 5.41 Å². The number of hydrogen-bond donors (Lipinski definition) is 0. The number of hydrogen-bond acceptors (Lipinski definition) is 3. The molecule has 0 fully saturated rings. The average Bonchev–Trinajstić information content (AvgIpc) is 3.80. The summed E-state index contributed by atoms with van der Waals surface area (Å²) in [4.78, 5) is 2.41. The summed E-state index contributed by atoms with van der Waals surface area (Å²) in [6, 6.07) is 81.7. The molecule has 0 saturated carbocycles. The SMILES string of the molecule is c1ccc(N(c2ccc3c(c2)-c2ccccc2Oc2ccccc2-3)c2ccc3c(c2)-c2ccccc2-c2ccccc2C32c3ccccc3-c3c2ccc2oc4ccccc4c32)cc1. The third kappa shape index (κ3) is 4.76. The Kier molecular flexibility index (Phi) is 7.32. The molecule has 1 aliphatic heterocycles. The summed E-state index contributed by atoms with van der Waals surface area (Å²) in [5.41, 5.74) is 21.2. The van der Waals surface area contributed by atoms with Gasteiger partial charge in [0.2, 0.25) is 0 Å². The van der Waals surface area contributed by atoms with Gasteiger partial charge in [-0.1, -0.05) is 164 Å². The Hall–Kier alpha value is -8.40. The van der Waals surface area contributed by atoms with Crippen molar-refractivity contribution in [2.75, 3.05) is 4.90 Å². The van der Waals surface area contributed by atoms with E-state index in [4.69, 9.17) is 9.15 Å². The molecule has 11 aromatic rings. The monoisotopic (exact) mass is 815 g/mol. The lowest BCUT2D eigenvalue weighted by Crippen LogP contribution is -2.29. The summed E-state index contributed by atoms with van der Waals surface area (Å²) >= 11 is 0. The van der Waals surface area contributed by atoms with Crippen molar-refractivity contribution < 1.29 is 9.15 Å². The Morgan fingerprint density at radius 1 is 0.312 bits per heavy atom. The third-order valence-corrected chi connectivity index (χ3v) is 13.9. The molecular weight excluding hydrogens is 779 g/mol. The summed E-state index contributed by atoms with van der Waals surface area (Å²) in [5, 5.41) is 2.31. The summed E-state index contributed by atoms with van der Waals surface area (Å²) < 4.78 is 13.2. The van der Waals surface area contributed by atoms with Crippen molar-refractivity contribution in [3.63, 3.8) is 0 Å². The molecule has 1 aromatic heterocycles. The zero-order valence-electron chi connectivity index (χ0n) is 34.6. The smallest absolute Gasteiger partial charge is 0.136 e. The van der Waals surface area contributed by atoms with Gasteiger partial charge in [0.1, 0.15) is 22.7 Å². The number of furan rings is 1. The fourth-order valence-corrected chi connectivity index (χ4v) is 11.4. The van der Waals surface area contributed by atoms with Crippen molar-refractivity contribution >= 4 is 39.0 Å². The molecule has 0 bridgehead atoms. The first-order chi connectivity index (χ1) is 31.8. The lowest BCUT2D eigenvalue weighted by atomic mass is 9.66. The van der Waals surface area contributed by atoms with Gasteiger partial charge in [0.15, 0.2) is 0 Å². The molecule has 3 nitrogen and oxygen atoms in total. The molecule has 64 heavy (non-hydrogen) atoms. The van der Waals surface area contributed by atoms with Crippen LogP contribution in [-0.2, 0) is 5.41 Å².